The summed E-state index contributed by atoms with van der Waals surface area (Å²) < 4.78 is 20.0. The van der Waals surface area contributed by atoms with Crippen molar-refractivity contribution in [1.29, 1.82) is 0 Å². The highest BCUT2D eigenvalue weighted by Crippen LogP contribution is 2.40. The van der Waals surface area contributed by atoms with Crippen LogP contribution < -0.4 is 24.8 Å². The fourth-order valence-corrected chi connectivity index (χ4v) is 5.93. The van der Waals surface area contributed by atoms with Crippen molar-refractivity contribution in [2.24, 2.45) is 0 Å². The maximum absolute atomic E-state index is 14.1. The second kappa shape index (κ2) is 14.1. The van der Waals surface area contributed by atoms with Crippen molar-refractivity contribution in [2.45, 2.75) is 66.3 Å². The maximum Gasteiger partial charge on any atom is 0.255 e. The fraction of sp³-hybridized carbons (Fsp3) is 0.343. The van der Waals surface area contributed by atoms with Crippen molar-refractivity contribution < 1.29 is 19.0 Å². The number of amides is 1. The zero-order valence-electron chi connectivity index (χ0n) is 27.0. The first-order chi connectivity index (χ1) is 21.7. The van der Waals surface area contributed by atoms with Gasteiger partial charge in [0.2, 0.25) is 11.1 Å². The number of carbonyl (C=O) groups is 1. The zero-order valence-corrected chi connectivity index (χ0v) is 27.8. The number of para-hydroxylation sites is 2. The Bertz CT molecular complexity index is 1730. The molecule has 236 valence electrons. The second-order valence-corrected chi connectivity index (χ2v) is 12.1. The Kier molecular flexibility index (Phi) is 10.0. The minimum Gasteiger partial charge on any atom is -0.492 e. The van der Waals surface area contributed by atoms with Gasteiger partial charge >= 0.3 is 0 Å². The maximum atomic E-state index is 14.1. The number of allylic oxidation sites excluding steroid dienone is 1. The molecule has 3 aromatic carbocycles. The Morgan fingerprint density at radius 1 is 0.889 bits per heavy atom. The molecule has 0 aliphatic carbocycles. The van der Waals surface area contributed by atoms with E-state index in [1.165, 1.54) is 16.7 Å². The van der Waals surface area contributed by atoms with Crippen LogP contribution >= 0.6 is 11.8 Å². The molecule has 0 saturated carbocycles. The van der Waals surface area contributed by atoms with Gasteiger partial charge in [0.1, 0.15) is 18.4 Å². The lowest BCUT2D eigenvalue weighted by Crippen LogP contribution is -2.31. The Morgan fingerprint density at radius 3 is 2.38 bits per heavy atom. The summed E-state index contributed by atoms with van der Waals surface area (Å²) in [6.45, 7) is 15.5. The molecule has 45 heavy (non-hydrogen) atoms. The highest BCUT2D eigenvalue weighted by atomic mass is 32.2. The van der Waals surface area contributed by atoms with E-state index < -0.39 is 6.04 Å². The third-order valence-electron chi connectivity index (χ3n) is 7.71. The van der Waals surface area contributed by atoms with Gasteiger partial charge in [0, 0.05) is 5.70 Å². The molecular weight excluding hydrogens is 586 g/mol. The molecule has 10 heteroatoms. The first-order valence-electron chi connectivity index (χ1n) is 15.3. The van der Waals surface area contributed by atoms with Gasteiger partial charge in [-0.05, 0) is 99.4 Å². The van der Waals surface area contributed by atoms with E-state index in [0.29, 0.717) is 65.1 Å². The van der Waals surface area contributed by atoms with E-state index >= 15 is 0 Å². The molecule has 0 saturated heterocycles. The van der Waals surface area contributed by atoms with Crippen LogP contribution in [0.5, 0.6) is 17.2 Å². The molecule has 9 nitrogen and oxygen atoms in total. The van der Waals surface area contributed by atoms with Crippen LogP contribution in [0.2, 0.25) is 0 Å². The largest absolute Gasteiger partial charge is 0.492 e. The molecule has 0 fully saturated rings. The molecule has 1 atom stereocenters. The molecule has 0 radical (unpaired) electrons. The van der Waals surface area contributed by atoms with Gasteiger partial charge in [0.25, 0.3) is 5.91 Å². The van der Waals surface area contributed by atoms with Crippen LogP contribution in [0.25, 0.3) is 0 Å². The molecule has 1 aliphatic heterocycles. The van der Waals surface area contributed by atoms with E-state index in [1.807, 2.05) is 63.2 Å². The number of anilines is 2. The average molecular weight is 628 g/mol. The molecule has 4 aromatic rings. The minimum absolute atomic E-state index is 0.272. The molecule has 1 unspecified atom stereocenters. The second-order valence-electron chi connectivity index (χ2n) is 10.8. The summed E-state index contributed by atoms with van der Waals surface area (Å²) in [5, 5.41) is 11.8. The number of rotatable bonds is 12. The number of nitrogens with zero attached hydrogens (tertiary/aromatic N) is 3. The number of thioether (sulfide) groups is 1. The molecule has 1 amide bonds. The lowest BCUT2D eigenvalue weighted by Gasteiger charge is -2.29. The number of ether oxygens (including phenoxy) is 3. The number of fused-ring (bicyclic) bond motifs is 1. The molecule has 0 bridgehead atoms. The quantitative estimate of drug-likeness (QED) is 0.155. The van der Waals surface area contributed by atoms with Gasteiger partial charge in [-0.25, -0.2) is 4.68 Å². The standard InChI is InChI=1S/C35H41N5O4S/c1-8-42-28-14-12-11-13-27(28)37-33(41)31-24(7)36-34-38-35(45-10-3)39-40(34)32(31)25-15-16-29(30(19-25)43-9-2)44-20-26-18-22(5)21(4)17-23(26)6/h11-19,32H,8-10,20H2,1-7H3,(H,37,41)(H,36,38,39). The summed E-state index contributed by atoms with van der Waals surface area (Å²) in [6, 6.07) is 17.0. The lowest BCUT2D eigenvalue weighted by molar-refractivity contribution is -0.113. The van der Waals surface area contributed by atoms with Crippen molar-refractivity contribution in [1.82, 2.24) is 14.8 Å². The number of aromatic nitrogens is 3. The average Bonchev–Trinajstić information content (AvgIpc) is 3.41. The van der Waals surface area contributed by atoms with E-state index in [1.54, 1.807) is 16.4 Å². The highest BCUT2D eigenvalue weighted by molar-refractivity contribution is 7.99. The summed E-state index contributed by atoms with van der Waals surface area (Å²) in [6.07, 6.45) is 0. The normalized spacial score (nSPS) is 14.1. The van der Waals surface area contributed by atoms with Gasteiger partial charge < -0.3 is 24.8 Å². The molecule has 2 N–H and O–H groups in total. The van der Waals surface area contributed by atoms with E-state index in [-0.39, 0.29) is 5.91 Å². The molecule has 2 heterocycles. The summed E-state index contributed by atoms with van der Waals surface area (Å²) in [5.41, 5.74) is 7.40. The summed E-state index contributed by atoms with van der Waals surface area (Å²) in [5.74, 6) is 2.95. The third-order valence-corrected chi connectivity index (χ3v) is 8.42. The Balaban J connectivity index is 1.53. The van der Waals surface area contributed by atoms with Crippen LogP contribution in [0.4, 0.5) is 11.6 Å². The summed E-state index contributed by atoms with van der Waals surface area (Å²) in [4.78, 5) is 18.8. The topological polar surface area (TPSA) is 99.5 Å². The van der Waals surface area contributed by atoms with Gasteiger partial charge in [-0.3, -0.25) is 4.79 Å². The SMILES string of the molecule is CCOc1ccccc1NC(=O)C1=C(C)Nc2nc(SCC)nn2C1c1ccc(OCc2cc(C)c(C)cc2C)c(OCC)c1. The molecule has 1 aromatic heterocycles. The van der Waals surface area contributed by atoms with E-state index in [9.17, 15) is 4.79 Å². The predicted molar refractivity (Wildman–Crippen MR) is 180 cm³/mol. The number of carbonyl (C=O) groups excluding carboxylic acids is 1. The van der Waals surface area contributed by atoms with Crippen molar-refractivity contribution in [3.05, 3.63) is 93.7 Å². The van der Waals surface area contributed by atoms with Crippen LogP contribution in [0.15, 0.2) is 71.0 Å². The van der Waals surface area contributed by atoms with E-state index in [0.717, 1.165) is 16.9 Å². The third kappa shape index (κ3) is 6.96. The molecular formula is C35H41N5O4S. The van der Waals surface area contributed by atoms with Crippen molar-refractivity contribution in [3.63, 3.8) is 0 Å². The highest BCUT2D eigenvalue weighted by Gasteiger charge is 2.35. The number of hydrogen-bond donors (Lipinski definition) is 2. The van der Waals surface area contributed by atoms with Crippen molar-refractivity contribution in [2.75, 3.05) is 29.6 Å². The molecule has 0 spiro atoms. The van der Waals surface area contributed by atoms with E-state index in [4.69, 9.17) is 24.3 Å². The van der Waals surface area contributed by atoms with Gasteiger partial charge in [0.15, 0.2) is 11.5 Å². The Morgan fingerprint density at radius 2 is 1.62 bits per heavy atom. The molecule has 1 aliphatic rings. The molecule has 5 rings (SSSR count). The first-order valence-corrected chi connectivity index (χ1v) is 16.3. The van der Waals surface area contributed by atoms with Crippen LogP contribution in [0.3, 0.4) is 0 Å². The number of hydrogen-bond acceptors (Lipinski definition) is 8. The predicted octanol–water partition coefficient (Wildman–Crippen LogP) is 7.62. The van der Waals surface area contributed by atoms with E-state index in [2.05, 4.69) is 50.5 Å². The van der Waals surface area contributed by atoms with Crippen molar-refractivity contribution in [3.8, 4) is 17.2 Å². The monoisotopic (exact) mass is 627 g/mol. The van der Waals surface area contributed by atoms with Gasteiger partial charge in [-0.2, -0.15) is 4.98 Å². The summed E-state index contributed by atoms with van der Waals surface area (Å²) in [7, 11) is 0. The Hall–Kier alpha value is -4.44. The van der Waals surface area contributed by atoms with Crippen LogP contribution in [0.1, 0.15) is 61.6 Å². The van der Waals surface area contributed by atoms with Gasteiger partial charge in [0.05, 0.1) is 24.5 Å². The summed E-state index contributed by atoms with van der Waals surface area (Å²) >= 11 is 1.54. The van der Waals surface area contributed by atoms with Crippen LogP contribution in [0, 0.1) is 20.8 Å². The smallest absolute Gasteiger partial charge is 0.255 e. The van der Waals surface area contributed by atoms with Gasteiger partial charge in [-0.15, -0.1) is 5.10 Å². The minimum atomic E-state index is -0.575. The van der Waals surface area contributed by atoms with Crippen molar-refractivity contribution >= 4 is 29.3 Å². The number of nitrogens with one attached hydrogen (secondary N) is 2. The van der Waals surface area contributed by atoms with Crippen LogP contribution in [-0.4, -0.2) is 39.6 Å². The number of aryl methyl sites for hydroxylation is 3. The van der Waals surface area contributed by atoms with Crippen LogP contribution in [-0.2, 0) is 11.4 Å². The Labute approximate surface area is 269 Å². The zero-order chi connectivity index (χ0) is 32.1. The number of benzene rings is 3. The first kappa shape index (κ1) is 32.0. The lowest BCUT2D eigenvalue weighted by atomic mass is 9.94. The fourth-order valence-electron chi connectivity index (χ4n) is 5.38. The van der Waals surface area contributed by atoms with Gasteiger partial charge in [-0.1, -0.05) is 49.0 Å².